The predicted octanol–water partition coefficient (Wildman–Crippen LogP) is 4.49. The minimum absolute atomic E-state index is 0.213. The van der Waals surface area contributed by atoms with Crippen molar-refractivity contribution in [3.8, 4) is 5.75 Å². The first-order valence-corrected chi connectivity index (χ1v) is 8.86. The minimum atomic E-state index is -0.213. The summed E-state index contributed by atoms with van der Waals surface area (Å²) in [6, 6.07) is 14.5. The average molecular weight is 357 g/mol. The summed E-state index contributed by atoms with van der Waals surface area (Å²) in [6.07, 6.45) is 0.670. The number of nitrogens with zero attached hydrogens (tertiary/aromatic N) is 2. The highest BCUT2D eigenvalue weighted by atomic mass is 32.1. The van der Waals surface area contributed by atoms with Crippen LogP contribution in [0, 0.1) is 5.82 Å². The van der Waals surface area contributed by atoms with Gasteiger partial charge in [-0.15, -0.1) is 0 Å². The molecule has 3 aromatic rings. The first-order valence-electron chi connectivity index (χ1n) is 8.09. The summed E-state index contributed by atoms with van der Waals surface area (Å²) in [5.41, 5.74) is 2.21. The molecular weight excluding hydrogens is 337 g/mol. The molecule has 130 valence electrons. The number of methoxy groups -OCH3 is 1. The quantitative estimate of drug-likeness (QED) is 0.677. The van der Waals surface area contributed by atoms with Crippen molar-refractivity contribution in [2.24, 2.45) is 0 Å². The molecule has 6 heteroatoms. The minimum Gasteiger partial charge on any atom is -0.497 e. The maximum atomic E-state index is 13.0. The van der Waals surface area contributed by atoms with Crippen LogP contribution in [-0.2, 0) is 6.42 Å². The summed E-state index contributed by atoms with van der Waals surface area (Å²) in [5.74, 6) is 1.66. The van der Waals surface area contributed by atoms with Gasteiger partial charge in [0.15, 0.2) is 0 Å². The molecule has 0 spiro atoms. The summed E-state index contributed by atoms with van der Waals surface area (Å²) in [7, 11) is 1.66. The SMILES string of the molecule is COc1cccc(Cc2nsc(NCC(C)c3ccc(F)cc3)n2)c1. The van der Waals surface area contributed by atoms with Gasteiger partial charge in [0.2, 0.25) is 5.13 Å². The Kier molecular flexibility index (Phi) is 5.60. The van der Waals surface area contributed by atoms with Gasteiger partial charge in [-0.1, -0.05) is 31.2 Å². The number of benzene rings is 2. The predicted molar refractivity (Wildman–Crippen MR) is 99.0 cm³/mol. The van der Waals surface area contributed by atoms with Gasteiger partial charge in [0.25, 0.3) is 0 Å². The third-order valence-corrected chi connectivity index (χ3v) is 4.67. The fourth-order valence-corrected chi connectivity index (χ4v) is 3.10. The third kappa shape index (κ3) is 4.76. The summed E-state index contributed by atoms with van der Waals surface area (Å²) in [5, 5.41) is 4.11. The second kappa shape index (κ2) is 8.07. The van der Waals surface area contributed by atoms with Gasteiger partial charge < -0.3 is 10.1 Å². The second-order valence-electron chi connectivity index (χ2n) is 5.88. The van der Waals surface area contributed by atoms with Gasteiger partial charge in [-0.3, -0.25) is 0 Å². The van der Waals surface area contributed by atoms with E-state index in [0.29, 0.717) is 6.42 Å². The number of ether oxygens (including phenoxy) is 1. The number of aromatic nitrogens is 2. The molecule has 1 aromatic heterocycles. The van der Waals surface area contributed by atoms with Gasteiger partial charge in [-0.25, -0.2) is 9.37 Å². The average Bonchev–Trinajstić information content (AvgIpc) is 3.08. The highest BCUT2D eigenvalue weighted by Gasteiger charge is 2.09. The molecule has 0 aliphatic heterocycles. The van der Waals surface area contributed by atoms with Crippen LogP contribution in [0.25, 0.3) is 0 Å². The standard InChI is InChI=1S/C19H20FN3OS/c1-13(15-6-8-16(20)9-7-15)12-21-19-22-18(23-25-19)11-14-4-3-5-17(10-14)24-2/h3-10,13H,11-12H2,1-2H3,(H,21,22,23). The fraction of sp³-hybridized carbons (Fsp3) is 0.263. The van der Waals surface area contributed by atoms with Gasteiger partial charge in [0.05, 0.1) is 7.11 Å². The monoisotopic (exact) mass is 357 g/mol. The van der Waals surface area contributed by atoms with E-state index in [9.17, 15) is 4.39 Å². The Balaban J connectivity index is 1.57. The number of anilines is 1. The molecule has 1 heterocycles. The Morgan fingerprint density at radius 3 is 2.76 bits per heavy atom. The number of hydrogen-bond acceptors (Lipinski definition) is 5. The van der Waals surface area contributed by atoms with Crippen molar-refractivity contribution in [1.29, 1.82) is 0 Å². The van der Waals surface area contributed by atoms with Crippen molar-refractivity contribution < 1.29 is 9.13 Å². The van der Waals surface area contributed by atoms with Crippen LogP contribution in [0.4, 0.5) is 9.52 Å². The van der Waals surface area contributed by atoms with E-state index in [1.54, 1.807) is 7.11 Å². The number of halogens is 1. The van der Waals surface area contributed by atoms with Gasteiger partial charge in [0, 0.05) is 24.5 Å². The molecule has 0 aliphatic rings. The van der Waals surface area contributed by atoms with Crippen molar-refractivity contribution in [2.75, 3.05) is 19.0 Å². The zero-order valence-electron chi connectivity index (χ0n) is 14.2. The van der Waals surface area contributed by atoms with E-state index in [1.165, 1.54) is 23.7 Å². The Morgan fingerprint density at radius 2 is 2.00 bits per heavy atom. The van der Waals surface area contributed by atoms with Crippen LogP contribution in [0.1, 0.15) is 29.8 Å². The topological polar surface area (TPSA) is 47.0 Å². The molecule has 0 fully saturated rings. The van der Waals surface area contributed by atoms with E-state index in [4.69, 9.17) is 4.74 Å². The smallest absolute Gasteiger partial charge is 0.202 e. The van der Waals surface area contributed by atoms with Crippen LogP contribution in [0.15, 0.2) is 48.5 Å². The Morgan fingerprint density at radius 1 is 1.20 bits per heavy atom. The zero-order chi connectivity index (χ0) is 17.6. The first kappa shape index (κ1) is 17.4. The van der Waals surface area contributed by atoms with Crippen molar-refractivity contribution in [3.63, 3.8) is 0 Å². The fourth-order valence-electron chi connectivity index (χ4n) is 2.51. The van der Waals surface area contributed by atoms with Crippen molar-refractivity contribution in [2.45, 2.75) is 19.3 Å². The van der Waals surface area contributed by atoms with Gasteiger partial charge in [-0.2, -0.15) is 4.37 Å². The summed E-state index contributed by atoms with van der Waals surface area (Å²) >= 11 is 1.35. The lowest BCUT2D eigenvalue weighted by atomic mass is 10.0. The van der Waals surface area contributed by atoms with Gasteiger partial charge in [-0.05, 0) is 41.3 Å². The molecule has 2 aromatic carbocycles. The van der Waals surface area contributed by atoms with E-state index >= 15 is 0 Å². The van der Waals surface area contributed by atoms with Crippen LogP contribution in [0.5, 0.6) is 5.75 Å². The molecule has 0 radical (unpaired) electrons. The lowest BCUT2D eigenvalue weighted by Gasteiger charge is -2.12. The number of nitrogens with one attached hydrogen (secondary N) is 1. The third-order valence-electron chi connectivity index (χ3n) is 3.96. The zero-order valence-corrected chi connectivity index (χ0v) is 15.0. The van der Waals surface area contributed by atoms with E-state index in [2.05, 4.69) is 21.6 Å². The molecule has 1 atom stereocenters. The Bertz CT molecular complexity index is 820. The van der Waals surface area contributed by atoms with Gasteiger partial charge >= 0.3 is 0 Å². The van der Waals surface area contributed by atoms with Crippen LogP contribution in [-0.4, -0.2) is 23.0 Å². The molecule has 3 rings (SSSR count). The van der Waals surface area contributed by atoms with E-state index in [1.807, 2.05) is 36.4 Å². The Hall–Kier alpha value is -2.47. The van der Waals surface area contributed by atoms with Crippen molar-refractivity contribution in [3.05, 3.63) is 71.3 Å². The first-order chi connectivity index (χ1) is 12.1. The number of hydrogen-bond donors (Lipinski definition) is 1. The molecule has 0 aliphatic carbocycles. The highest BCUT2D eigenvalue weighted by Crippen LogP contribution is 2.20. The number of rotatable bonds is 7. The molecule has 25 heavy (non-hydrogen) atoms. The maximum Gasteiger partial charge on any atom is 0.202 e. The maximum absolute atomic E-state index is 13.0. The van der Waals surface area contributed by atoms with E-state index < -0.39 is 0 Å². The molecular formula is C19H20FN3OS. The molecule has 0 saturated carbocycles. The largest absolute Gasteiger partial charge is 0.497 e. The molecule has 0 saturated heterocycles. The summed E-state index contributed by atoms with van der Waals surface area (Å²) in [4.78, 5) is 4.54. The van der Waals surface area contributed by atoms with Gasteiger partial charge in [0.1, 0.15) is 17.4 Å². The van der Waals surface area contributed by atoms with Crippen LogP contribution < -0.4 is 10.1 Å². The normalized spacial score (nSPS) is 12.0. The van der Waals surface area contributed by atoms with Crippen LogP contribution in [0.2, 0.25) is 0 Å². The highest BCUT2D eigenvalue weighted by molar-refractivity contribution is 7.09. The van der Waals surface area contributed by atoms with Crippen LogP contribution >= 0.6 is 11.5 Å². The van der Waals surface area contributed by atoms with E-state index in [0.717, 1.165) is 34.4 Å². The summed E-state index contributed by atoms with van der Waals surface area (Å²) < 4.78 is 22.6. The van der Waals surface area contributed by atoms with Crippen molar-refractivity contribution >= 4 is 16.7 Å². The molecule has 0 amide bonds. The van der Waals surface area contributed by atoms with Crippen LogP contribution in [0.3, 0.4) is 0 Å². The molecule has 1 unspecified atom stereocenters. The molecule has 4 nitrogen and oxygen atoms in total. The molecule has 0 bridgehead atoms. The second-order valence-corrected chi connectivity index (χ2v) is 6.63. The lowest BCUT2D eigenvalue weighted by molar-refractivity contribution is 0.414. The van der Waals surface area contributed by atoms with Crippen molar-refractivity contribution in [1.82, 2.24) is 9.36 Å². The Labute approximate surface area is 150 Å². The lowest BCUT2D eigenvalue weighted by Crippen LogP contribution is -2.09. The summed E-state index contributed by atoms with van der Waals surface area (Å²) in [6.45, 7) is 2.82. The van der Waals surface area contributed by atoms with E-state index in [-0.39, 0.29) is 11.7 Å². The molecule has 1 N–H and O–H groups in total.